The first-order valence-electron chi connectivity index (χ1n) is 9.60. The zero-order chi connectivity index (χ0) is 21.6. The smallest absolute Gasteiger partial charge is 0.269 e. The second kappa shape index (κ2) is 10.0. The molecule has 0 aliphatic heterocycles. The number of benzene rings is 2. The van der Waals surface area contributed by atoms with Gasteiger partial charge >= 0.3 is 0 Å². The maximum absolute atomic E-state index is 12.7. The Labute approximate surface area is 171 Å². The van der Waals surface area contributed by atoms with E-state index in [2.05, 4.69) is 19.2 Å². The fourth-order valence-corrected chi connectivity index (χ4v) is 3.18. The van der Waals surface area contributed by atoms with Crippen LogP contribution in [0.25, 0.3) is 0 Å². The van der Waals surface area contributed by atoms with Gasteiger partial charge in [0.2, 0.25) is 5.91 Å². The van der Waals surface area contributed by atoms with E-state index >= 15 is 0 Å². The number of hydrogen-bond acceptors (Lipinski definition) is 5. The van der Waals surface area contributed by atoms with Crippen LogP contribution in [0.5, 0.6) is 5.75 Å². The lowest BCUT2D eigenvalue weighted by atomic mass is 9.96. The molecule has 2 unspecified atom stereocenters. The van der Waals surface area contributed by atoms with Crippen molar-refractivity contribution in [3.63, 3.8) is 0 Å². The van der Waals surface area contributed by atoms with Gasteiger partial charge in [0.25, 0.3) is 5.69 Å². The number of non-ortho nitro benzene ring substituents is 1. The zero-order valence-corrected chi connectivity index (χ0v) is 17.6. The zero-order valence-electron chi connectivity index (χ0n) is 17.6. The highest BCUT2D eigenvalue weighted by Gasteiger charge is 2.21. The Balaban J connectivity index is 2.05. The summed E-state index contributed by atoms with van der Waals surface area (Å²) < 4.78 is 5.20. The predicted molar refractivity (Wildman–Crippen MR) is 113 cm³/mol. The van der Waals surface area contributed by atoms with E-state index in [4.69, 9.17) is 4.74 Å². The van der Waals surface area contributed by atoms with E-state index in [1.54, 1.807) is 19.2 Å². The Morgan fingerprint density at radius 3 is 2.34 bits per heavy atom. The van der Waals surface area contributed by atoms with Gasteiger partial charge < -0.3 is 10.1 Å². The van der Waals surface area contributed by atoms with Crippen molar-refractivity contribution >= 4 is 11.6 Å². The van der Waals surface area contributed by atoms with Crippen molar-refractivity contribution in [2.45, 2.75) is 32.9 Å². The van der Waals surface area contributed by atoms with Crippen LogP contribution in [-0.4, -0.2) is 36.4 Å². The van der Waals surface area contributed by atoms with Crippen molar-refractivity contribution in [3.05, 3.63) is 69.8 Å². The molecule has 7 heteroatoms. The van der Waals surface area contributed by atoms with Gasteiger partial charge in [-0.05, 0) is 43.1 Å². The highest BCUT2D eigenvalue weighted by Crippen LogP contribution is 2.25. The van der Waals surface area contributed by atoms with Crippen LogP contribution >= 0.6 is 0 Å². The number of nitro groups is 1. The first kappa shape index (κ1) is 22.4. The van der Waals surface area contributed by atoms with Crippen molar-refractivity contribution < 1.29 is 14.5 Å². The molecule has 2 aromatic carbocycles. The molecule has 0 radical (unpaired) electrons. The number of ether oxygens (including phenoxy) is 1. The molecule has 7 nitrogen and oxygen atoms in total. The van der Waals surface area contributed by atoms with Gasteiger partial charge in [0, 0.05) is 18.2 Å². The van der Waals surface area contributed by atoms with E-state index in [1.165, 1.54) is 6.07 Å². The van der Waals surface area contributed by atoms with Gasteiger partial charge in [-0.3, -0.25) is 19.8 Å². The van der Waals surface area contributed by atoms with Crippen LogP contribution in [0, 0.1) is 16.0 Å². The minimum atomic E-state index is -0.412. The van der Waals surface area contributed by atoms with Crippen LogP contribution in [0.4, 0.5) is 5.69 Å². The number of amides is 1. The molecule has 0 saturated carbocycles. The summed E-state index contributed by atoms with van der Waals surface area (Å²) in [5.41, 5.74) is 1.86. The maximum Gasteiger partial charge on any atom is 0.269 e. The number of methoxy groups -OCH3 is 1. The number of hydrogen-bond donors (Lipinski definition) is 1. The molecule has 0 bridgehead atoms. The minimum absolute atomic E-state index is 0.0478. The molecule has 0 aliphatic carbocycles. The van der Waals surface area contributed by atoms with Gasteiger partial charge in [0.15, 0.2) is 0 Å². The van der Waals surface area contributed by atoms with Gasteiger partial charge in [-0.25, -0.2) is 0 Å². The summed E-state index contributed by atoms with van der Waals surface area (Å²) in [6, 6.07) is 13.9. The number of likely N-dealkylation sites (N-methyl/N-ethyl adjacent to an activating group) is 1. The number of carbonyl (C=O) groups is 1. The second-order valence-electron chi connectivity index (χ2n) is 7.51. The van der Waals surface area contributed by atoms with Gasteiger partial charge in [0.1, 0.15) is 5.75 Å². The van der Waals surface area contributed by atoms with Gasteiger partial charge in [-0.2, -0.15) is 0 Å². The van der Waals surface area contributed by atoms with Crippen LogP contribution < -0.4 is 10.1 Å². The van der Waals surface area contributed by atoms with Crippen LogP contribution in [0.2, 0.25) is 0 Å². The van der Waals surface area contributed by atoms with Crippen molar-refractivity contribution in [2.75, 3.05) is 20.7 Å². The molecule has 1 amide bonds. The Bertz CT molecular complexity index is 836. The van der Waals surface area contributed by atoms with E-state index < -0.39 is 4.92 Å². The Morgan fingerprint density at radius 2 is 1.79 bits per heavy atom. The molecular weight excluding hydrogens is 370 g/mol. The molecule has 2 atom stereocenters. The molecule has 156 valence electrons. The van der Waals surface area contributed by atoms with Crippen molar-refractivity contribution in [3.8, 4) is 5.75 Å². The van der Waals surface area contributed by atoms with Crippen molar-refractivity contribution in [1.29, 1.82) is 0 Å². The fourth-order valence-electron chi connectivity index (χ4n) is 3.18. The lowest BCUT2D eigenvalue weighted by molar-refractivity contribution is -0.384. The summed E-state index contributed by atoms with van der Waals surface area (Å²) in [6.45, 7) is 6.23. The van der Waals surface area contributed by atoms with Crippen molar-refractivity contribution in [2.24, 2.45) is 5.92 Å². The van der Waals surface area contributed by atoms with E-state index in [9.17, 15) is 14.9 Å². The third-order valence-corrected chi connectivity index (χ3v) is 5.08. The molecule has 2 aromatic rings. The summed E-state index contributed by atoms with van der Waals surface area (Å²) in [5, 5.41) is 14.1. The summed E-state index contributed by atoms with van der Waals surface area (Å²) in [4.78, 5) is 25.2. The van der Waals surface area contributed by atoms with Gasteiger partial charge in [-0.15, -0.1) is 0 Å². The lowest BCUT2D eigenvalue weighted by Gasteiger charge is -2.27. The molecule has 0 saturated heterocycles. The lowest BCUT2D eigenvalue weighted by Crippen LogP contribution is -2.39. The number of nitro benzene ring substituents is 1. The Morgan fingerprint density at radius 1 is 1.14 bits per heavy atom. The molecular formula is C22H29N3O4. The standard InChI is InChI=1S/C22H29N3O4/c1-15(2)22(17-9-11-20(29-5)12-10-17)23-21(26)14-24(4)16(3)18-7-6-8-19(13-18)25(27)28/h6-13,15-16,22H,14H2,1-5H3,(H,23,26). The summed E-state index contributed by atoms with van der Waals surface area (Å²) in [5.74, 6) is 0.888. The topological polar surface area (TPSA) is 84.7 Å². The molecule has 0 aliphatic rings. The first-order valence-corrected chi connectivity index (χ1v) is 9.60. The monoisotopic (exact) mass is 399 g/mol. The van der Waals surface area contributed by atoms with Crippen LogP contribution in [0.15, 0.2) is 48.5 Å². The highest BCUT2D eigenvalue weighted by molar-refractivity contribution is 5.78. The normalized spacial score (nSPS) is 13.2. The summed E-state index contributed by atoms with van der Waals surface area (Å²) >= 11 is 0. The largest absolute Gasteiger partial charge is 0.497 e. The molecule has 2 rings (SSSR count). The van der Waals surface area contributed by atoms with Crippen LogP contribution in [-0.2, 0) is 4.79 Å². The van der Waals surface area contributed by atoms with E-state index in [1.807, 2.05) is 49.2 Å². The van der Waals surface area contributed by atoms with Gasteiger partial charge in [-0.1, -0.05) is 38.1 Å². The fraction of sp³-hybridized carbons (Fsp3) is 0.409. The third kappa shape index (κ3) is 6.02. The number of carbonyl (C=O) groups excluding carboxylic acids is 1. The average molecular weight is 399 g/mol. The maximum atomic E-state index is 12.7. The quantitative estimate of drug-likeness (QED) is 0.507. The Kier molecular flexibility index (Phi) is 7.73. The molecule has 0 heterocycles. The first-order chi connectivity index (χ1) is 13.7. The summed E-state index contributed by atoms with van der Waals surface area (Å²) in [7, 11) is 3.45. The molecule has 1 N–H and O–H groups in total. The molecule has 0 spiro atoms. The van der Waals surface area contributed by atoms with Gasteiger partial charge in [0.05, 0.1) is 24.6 Å². The number of nitrogens with one attached hydrogen (secondary N) is 1. The van der Waals surface area contributed by atoms with Crippen molar-refractivity contribution in [1.82, 2.24) is 10.2 Å². The van der Waals surface area contributed by atoms with E-state index in [0.717, 1.165) is 16.9 Å². The molecule has 29 heavy (non-hydrogen) atoms. The average Bonchev–Trinajstić information content (AvgIpc) is 2.71. The van der Waals surface area contributed by atoms with E-state index in [0.29, 0.717) is 0 Å². The van der Waals surface area contributed by atoms with Crippen LogP contribution in [0.3, 0.4) is 0 Å². The molecule has 0 aromatic heterocycles. The minimum Gasteiger partial charge on any atom is -0.497 e. The SMILES string of the molecule is COc1ccc(C(NC(=O)CN(C)C(C)c2cccc([N+](=O)[O-])c2)C(C)C)cc1. The van der Waals surface area contributed by atoms with E-state index in [-0.39, 0.29) is 36.1 Å². The van der Waals surface area contributed by atoms with Crippen LogP contribution in [0.1, 0.15) is 44.0 Å². The molecule has 0 fully saturated rings. The third-order valence-electron chi connectivity index (χ3n) is 5.08. The number of nitrogens with zero attached hydrogens (tertiary/aromatic N) is 2. The Hall–Kier alpha value is -2.93. The summed E-state index contributed by atoms with van der Waals surface area (Å²) in [6.07, 6.45) is 0. The second-order valence-corrected chi connectivity index (χ2v) is 7.51. The predicted octanol–water partition coefficient (Wildman–Crippen LogP) is 4.11. The number of rotatable bonds is 9. The highest BCUT2D eigenvalue weighted by atomic mass is 16.6.